The number of carbonyl (C=O) groups is 2. The number of alkyl carbamates (subject to hydrolysis) is 1. The lowest BCUT2D eigenvalue weighted by atomic mass is 10.1. The van der Waals surface area contributed by atoms with E-state index in [0.29, 0.717) is 24.3 Å². The van der Waals surface area contributed by atoms with E-state index >= 15 is 0 Å². The number of rotatable bonds is 5. The number of hydrogen-bond donors (Lipinski definition) is 4. The van der Waals surface area contributed by atoms with Crippen LogP contribution >= 0.6 is 0 Å². The molecule has 7 heteroatoms. The van der Waals surface area contributed by atoms with Crippen molar-refractivity contribution in [2.24, 2.45) is 0 Å². The molecular weight excluding hydrogens is 286 g/mol. The van der Waals surface area contributed by atoms with Crippen molar-refractivity contribution < 1.29 is 19.4 Å². The summed E-state index contributed by atoms with van der Waals surface area (Å²) in [7, 11) is 0. The average Bonchev–Trinajstić information content (AvgIpc) is 2.36. The molecule has 0 bridgehead atoms. The van der Waals surface area contributed by atoms with Crippen molar-refractivity contribution in [3.05, 3.63) is 23.3 Å². The Kier molecular flexibility index (Phi) is 5.62. The lowest BCUT2D eigenvalue weighted by Crippen LogP contribution is -2.35. The normalized spacial score (nSPS) is 10.9. The number of nitrogens with two attached hydrogens (primary N) is 1. The van der Waals surface area contributed by atoms with Crippen LogP contribution in [0.1, 0.15) is 36.7 Å². The van der Waals surface area contributed by atoms with E-state index in [2.05, 4.69) is 10.6 Å². The lowest BCUT2D eigenvalue weighted by molar-refractivity contribution is 0.0529. The van der Waals surface area contributed by atoms with Gasteiger partial charge in [0.25, 0.3) is 0 Å². The summed E-state index contributed by atoms with van der Waals surface area (Å²) in [6.07, 6.45) is -0.492. The van der Waals surface area contributed by atoms with Crippen LogP contribution < -0.4 is 16.4 Å². The molecule has 7 nitrogen and oxygen atoms in total. The maximum Gasteiger partial charge on any atom is 0.407 e. The van der Waals surface area contributed by atoms with E-state index < -0.39 is 17.7 Å². The fourth-order valence-corrected chi connectivity index (χ4v) is 1.76. The molecule has 0 heterocycles. The Labute approximate surface area is 129 Å². The zero-order valence-corrected chi connectivity index (χ0v) is 13.3. The van der Waals surface area contributed by atoms with Gasteiger partial charge in [-0.15, -0.1) is 0 Å². The van der Waals surface area contributed by atoms with Crippen LogP contribution in [0.15, 0.2) is 12.1 Å². The van der Waals surface area contributed by atoms with Crippen molar-refractivity contribution in [2.75, 3.05) is 24.1 Å². The van der Waals surface area contributed by atoms with Crippen LogP contribution in [-0.2, 0) is 4.74 Å². The molecule has 1 aromatic carbocycles. The first-order chi connectivity index (χ1) is 10.1. The van der Waals surface area contributed by atoms with Gasteiger partial charge in [-0.05, 0) is 45.4 Å². The second kappa shape index (κ2) is 7.02. The molecule has 0 aromatic heterocycles. The number of carboxylic acid groups (broad SMARTS) is 1. The third-order valence-corrected chi connectivity index (χ3v) is 2.74. The number of benzene rings is 1. The first-order valence-electron chi connectivity index (χ1n) is 6.94. The van der Waals surface area contributed by atoms with E-state index in [1.165, 1.54) is 6.07 Å². The van der Waals surface area contributed by atoms with Crippen LogP contribution in [0.2, 0.25) is 0 Å². The van der Waals surface area contributed by atoms with Gasteiger partial charge in [-0.2, -0.15) is 0 Å². The number of nitrogens with one attached hydrogen (secondary N) is 2. The molecule has 0 unspecified atom stereocenters. The summed E-state index contributed by atoms with van der Waals surface area (Å²) in [5.74, 6) is -1.07. The number of carbonyl (C=O) groups excluding carboxylic acids is 1. The van der Waals surface area contributed by atoms with Gasteiger partial charge in [-0.25, -0.2) is 9.59 Å². The molecule has 5 N–H and O–H groups in total. The molecule has 0 saturated heterocycles. The van der Waals surface area contributed by atoms with Crippen LogP contribution in [0.5, 0.6) is 0 Å². The second-order valence-electron chi connectivity index (χ2n) is 5.91. The highest BCUT2D eigenvalue weighted by Gasteiger charge is 2.15. The van der Waals surface area contributed by atoms with Crippen molar-refractivity contribution in [3.8, 4) is 0 Å². The number of anilines is 2. The van der Waals surface area contributed by atoms with Crippen LogP contribution in [0, 0.1) is 6.92 Å². The Morgan fingerprint density at radius 2 is 1.91 bits per heavy atom. The largest absolute Gasteiger partial charge is 0.478 e. The SMILES string of the molecule is Cc1cc(NCCNC(=O)OC(C)(C)C)cc(C(=O)O)c1N. The minimum atomic E-state index is -1.07. The van der Waals surface area contributed by atoms with Gasteiger partial charge >= 0.3 is 12.1 Å². The highest BCUT2D eigenvalue weighted by atomic mass is 16.6. The van der Waals surface area contributed by atoms with Gasteiger partial charge in [0.2, 0.25) is 0 Å². The summed E-state index contributed by atoms with van der Waals surface area (Å²) >= 11 is 0. The van der Waals surface area contributed by atoms with Crippen molar-refractivity contribution >= 4 is 23.4 Å². The van der Waals surface area contributed by atoms with E-state index in [1.807, 2.05) is 0 Å². The van der Waals surface area contributed by atoms with Crippen molar-refractivity contribution in [1.29, 1.82) is 0 Å². The highest BCUT2D eigenvalue weighted by Crippen LogP contribution is 2.22. The number of ether oxygens (including phenoxy) is 1. The molecule has 0 atom stereocenters. The van der Waals surface area contributed by atoms with Crippen molar-refractivity contribution in [1.82, 2.24) is 5.32 Å². The summed E-state index contributed by atoms with van der Waals surface area (Å²) in [5.41, 5.74) is 6.81. The molecule has 1 aromatic rings. The van der Waals surface area contributed by atoms with Crippen LogP contribution in [0.4, 0.5) is 16.2 Å². The number of hydrogen-bond acceptors (Lipinski definition) is 5. The molecule has 122 valence electrons. The Morgan fingerprint density at radius 3 is 2.45 bits per heavy atom. The van der Waals surface area contributed by atoms with E-state index in [4.69, 9.17) is 15.6 Å². The Balaban J connectivity index is 2.52. The van der Waals surface area contributed by atoms with Crippen LogP contribution in [-0.4, -0.2) is 35.9 Å². The van der Waals surface area contributed by atoms with Crippen molar-refractivity contribution in [3.63, 3.8) is 0 Å². The Hall–Kier alpha value is -2.44. The van der Waals surface area contributed by atoms with E-state index in [0.717, 1.165) is 0 Å². The minimum absolute atomic E-state index is 0.0580. The number of nitrogen functional groups attached to an aromatic ring is 1. The number of aryl methyl sites for hydroxylation is 1. The Morgan fingerprint density at radius 1 is 1.27 bits per heavy atom. The van der Waals surface area contributed by atoms with E-state index in [9.17, 15) is 9.59 Å². The first-order valence-corrected chi connectivity index (χ1v) is 6.94. The van der Waals surface area contributed by atoms with Crippen molar-refractivity contribution in [2.45, 2.75) is 33.3 Å². The summed E-state index contributed by atoms with van der Waals surface area (Å²) in [5, 5.41) is 14.7. The predicted molar refractivity (Wildman–Crippen MR) is 85.3 cm³/mol. The third kappa shape index (κ3) is 5.51. The fraction of sp³-hybridized carbons (Fsp3) is 0.467. The quantitative estimate of drug-likeness (QED) is 0.490. The first kappa shape index (κ1) is 17.6. The molecule has 0 spiro atoms. The van der Waals surface area contributed by atoms with Crippen LogP contribution in [0.25, 0.3) is 0 Å². The molecule has 0 fully saturated rings. The van der Waals surface area contributed by atoms with Gasteiger partial charge in [0.1, 0.15) is 5.60 Å². The molecule has 0 aliphatic heterocycles. The zero-order valence-electron chi connectivity index (χ0n) is 13.3. The average molecular weight is 309 g/mol. The molecule has 0 aliphatic carbocycles. The summed E-state index contributed by atoms with van der Waals surface area (Å²) in [6.45, 7) is 7.88. The number of carboxylic acids is 1. The van der Waals surface area contributed by atoms with Gasteiger partial charge in [0, 0.05) is 24.5 Å². The summed E-state index contributed by atoms with van der Waals surface area (Å²) in [4.78, 5) is 22.6. The monoisotopic (exact) mass is 309 g/mol. The lowest BCUT2D eigenvalue weighted by Gasteiger charge is -2.19. The minimum Gasteiger partial charge on any atom is -0.478 e. The van der Waals surface area contributed by atoms with Crippen LogP contribution in [0.3, 0.4) is 0 Å². The smallest absolute Gasteiger partial charge is 0.407 e. The Bertz CT molecular complexity index is 565. The standard InChI is InChI=1S/C15H23N3O4/c1-9-7-10(8-11(12(9)16)13(19)20)17-5-6-18-14(21)22-15(2,3)4/h7-8,17H,5-6,16H2,1-4H3,(H,18,21)(H,19,20). The van der Waals surface area contributed by atoms with Gasteiger partial charge in [-0.1, -0.05) is 0 Å². The molecule has 22 heavy (non-hydrogen) atoms. The number of amides is 1. The highest BCUT2D eigenvalue weighted by molar-refractivity contribution is 5.95. The molecule has 0 radical (unpaired) electrons. The molecule has 0 aliphatic rings. The van der Waals surface area contributed by atoms with Gasteiger partial charge in [0.15, 0.2) is 0 Å². The second-order valence-corrected chi connectivity index (χ2v) is 5.91. The third-order valence-electron chi connectivity index (χ3n) is 2.74. The van der Waals surface area contributed by atoms with E-state index in [1.54, 1.807) is 33.8 Å². The molecular formula is C15H23N3O4. The summed E-state index contributed by atoms with van der Waals surface area (Å²) < 4.78 is 5.10. The van der Waals surface area contributed by atoms with Gasteiger partial charge in [-0.3, -0.25) is 0 Å². The van der Waals surface area contributed by atoms with Gasteiger partial charge in [0.05, 0.1) is 5.56 Å². The van der Waals surface area contributed by atoms with Gasteiger partial charge < -0.3 is 26.2 Å². The molecule has 1 rings (SSSR count). The van der Waals surface area contributed by atoms with E-state index in [-0.39, 0.29) is 11.3 Å². The molecule has 0 saturated carbocycles. The maximum absolute atomic E-state index is 11.5. The fourth-order valence-electron chi connectivity index (χ4n) is 1.76. The topological polar surface area (TPSA) is 114 Å². The zero-order chi connectivity index (χ0) is 16.9. The summed E-state index contributed by atoms with van der Waals surface area (Å²) in [6, 6.07) is 3.23. The number of aromatic carboxylic acids is 1. The predicted octanol–water partition coefficient (Wildman–Crippen LogP) is 2.21. The molecule has 1 amide bonds. The maximum atomic E-state index is 11.5.